The number of benzene rings is 1. The molecule has 0 radical (unpaired) electrons. The van der Waals surface area contributed by atoms with Gasteiger partial charge < -0.3 is 9.84 Å². The van der Waals surface area contributed by atoms with Gasteiger partial charge in [0, 0.05) is 43.0 Å². The number of hydrogen-bond acceptors (Lipinski definition) is 4. The predicted molar refractivity (Wildman–Crippen MR) is 97.7 cm³/mol. The SMILES string of the molecule is COc1cc2c(cc1CN1C[C@@H](Cc3ccccn3)[C@H](O)C1)CCC2. The van der Waals surface area contributed by atoms with E-state index in [0.717, 1.165) is 37.5 Å². The molecule has 1 aliphatic carbocycles. The number of aliphatic hydroxyl groups is 1. The fraction of sp³-hybridized carbons (Fsp3) is 0.476. The molecule has 2 aromatic rings. The van der Waals surface area contributed by atoms with Crippen molar-refractivity contribution in [1.82, 2.24) is 9.88 Å². The van der Waals surface area contributed by atoms with Crippen molar-refractivity contribution in [2.45, 2.75) is 38.3 Å². The van der Waals surface area contributed by atoms with Crippen LogP contribution in [-0.4, -0.2) is 41.3 Å². The van der Waals surface area contributed by atoms with Gasteiger partial charge in [0.05, 0.1) is 13.2 Å². The Bertz CT molecular complexity index is 732. The molecule has 0 bridgehead atoms. The number of fused-ring (bicyclic) bond motifs is 1. The number of β-amino-alcohol motifs (C(OH)–C–C–N with tert-alkyl or cyclic N) is 1. The Morgan fingerprint density at radius 1 is 1.20 bits per heavy atom. The smallest absolute Gasteiger partial charge is 0.123 e. The molecule has 1 fully saturated rings. The highest BCUT2D eigenvalue weighted by molar-refractivity contribution is 5.44. The second-order valence-corrected chi connectivity index (χ2v) is 7.33. The fourth-order valence-corrected chi connectivity index (χ4v) is 4.27. The quantitative estimate of drug-likeness (QED) is 0.910. The highest BCUT2D eigenvalue weighted by Crippen LogP contribution is 2.32. The van der Waals surface area contributed by atoms with E-state index < -0.39 is 0 Å². The third-order valence-corrected chi connectivity index (χ3v) is 5.57. The maximum absolute atomic E-state index is 10.5. The van der Waals surface area contributed by atoms with Crippen LogP contribution in [-0.2, 0) is 25.8 Å². The van der Waals surface area contributed by atoms with Gasteiger partial charge in [0.15, 0.2) is 0 Å². The summed E-state index contributed by atoms with van der Waals surface area (Å²) in [7, 11) is 1.75. The lowest BCUT2D eigenvalue weighted by molar-refractivity contribution is 0.140. The maximum Gasteiger partial charge on any atom is 0.123 e. The van der Waals surface area contributed by atoms with Crippen molar-refractivity contribution in [1.29, 1.82) is 0 Å². The van der Waals surface area contributed by atoms with Crippen LogP contribution in [0, 0.1) is 5.92 Å². The zero-order chi connectivity index (χ0) is 17.2. The maximum atomic E-state index is 10.5. The Morgan fingerprint density at radius 2 is 2.04 bits per heavy atom. The molecule has 132 valence electrons. The van der Waals surface area contributed by atoms with Gasteiger partial charge in [0.2, 0.25) is 0 Å². The molecule has 1 aliphatic heterocycles. The molecule has 2 heterocycles. The molecular formula is C21H26N2O2. The second kappa shape index (κ2) is 7.14. The minimum absolute atomic E-state index is 0.246. The minimum atomic E-state index is -0.289. The van der Waals surface area contributed by atoms with Crippen molar-refractivity contribution >= 4 is 0 Å². The molecule has 4 rings (SSSR count). The lowest BCUT2D eigenvalue weighted by Gasteiger charge is -2.19. The summed E-state index contributed by atoms with van der Waals surface area (Å²) in [5.41, 5.74) is 5.22. The predicted octanol–water partition coefficient (Wildman–Crippen LogP) is 2.61. The number of aryl methyl sites for hydroxylation is 2. The summed E-state index contributed by atoms with van der Waals surface area (Å²) in [5.74, 6) is 1.23. The van der Waals surface area contributed by atoms with E-state index in [9.17, 15) is 5.11 Å². The van der Waals surface area contributed by atoms with Crippen LogP contribution in [0.3, 0.4) is 0 Å². The van der Waals surface area contributed by atoms with Gasteiger partial charge in [0.1, 0.15) is 5.75 Å². The first-order valence-corrected chi connectivity index (χ1v) is 9.22. The summed E-state index contributed by atoms with van der Waals surface area (Å²) in [4.78, 5) is 6.75. The fourth-order valence-electron chi connectivity index (χ4n) is 4.27. The van der Waals surface area contributed by atoms with Gasteiger partial charge in [-0.05, 0) is 55.0 Å². The van der Waals surface area contributed by atoms with Crippen molar-refractivity contribution < 1.29 is 9.84 Å². The number of likely N-dealkylation sites (tertiary alicyclic amines) is 1. The molecule has 1 aromatic heterocycles. The molecule has 0 amide bonds. The summed E-state index contributed by atoms with van der Waals surface area (Å²) in [5, 5.41) is 10.5. The number of nitrogens with zero attached hydrogens (tertiary/aromatic N) is 2. The highest BCUT2D eigenvalue weighted by Gasteiger charge is 2.32. The number of methoxy groups -OCH3 is 1. The summed E-state index contributed by atoms with van der Waals surface area (Å²) >= 11 is 0. The molecule has 25 heavy (non-hydrogen) atoms. The zero-order valence-electron chi connectivity index (χ0n) is 14.8. The third-order valence-electron chi connectivity index (χ3n) is 5.57. The van der Waals surface area contributed by atoms with E-state index in [4.69, 9.17) is 4.74 Å². The van der Waals surface area contributed by atoms with E-state index in [-0.39, 0.29) is 12.0 Å². The largest absolute Gasteiger partial charge is 0.496 e. The van der Waals surface area contributed by atoms with Crippen LogP contribution < -0.4 is 4.74 Å². The van der Waals surface area contributed by atoms with Crippen molar-refractivity contribution in [2.24, 2.45) is 5.92 Å². The molecule has 4 heteroatoms. The Balaban J connectivity index is 1.45. The van der Waals surface area contributed by atoms with Gasteiger partial charge in [-0.3, -0.25) is 9.88 Å². The van der Waals surface area contributed by atoms with Crippen LogP contribution in [0.15, 0.2) is 36.5 Å². The van der Waals surface area contributed by atoms with Gasteiger partial charge in [0.25, 0.3) is 0 Å². The normalized spacial score (nSPS) is 23.0. The minimum Gasteiger partial charge on any atom is -0.496 e. The van der Waals surface area contributed by atoms with Gasteiger partial charge in [-0.2, -0.15) is 0 Å². The van der Waals surface area contributed by atoms with Gasteiger partial charge in [-0.15, -0.1) is 0 Å². The first-order valence-electron chi connectivity index (χ1n) is 9.22. The topological polar surface area (TPSA) is 45.6 Å². The van der Waals surface area contributed by atoms with Crippen LogP contribution in [0.25, 0.3) is 0 Å². The number of pyridine rings is 1. The first-order chi connectivity index (χ1) is 12.2. The van der Waals surface area contributed by atoms with Crippen LogP contribution in [0.1, 0.15) is 28.8 Å². The van der Waals surface area contributed by atoms with E-state index >= 15 is 0 Å². The van der Waals surface area contributed by atoms with Crippen LogP contribution in [0.2, 0.25) is 0 Å². The summed E-state index contributed by atoms with van der Waals surface area (Å²) in [6, 6.07) is 10.5. The number of hydrogen-bond donors (Lipinski definition) is 1. The summed E-state index contributed by atoms with van der Waals surface area (Å²) in [6.07, 6.45) is 5.96. The molecule has 2 aliphatic rings. The second-order valence-electron chi connectivity index (χ2n) is 7.33. The molecule has 2 atom stereocenters. The Morgan fingerprint density at radius 3 is 2.80 bits per heavy atom. The van der Waals surface area contributed by atoms with Crippen molar-refractivity contribution in [2.75, 3.05) is 20.2 Å². The number of aromatic nitrogens is 1. The molecule has 0 saturated carbocycles. The lowest BCUT2D eigenvalue weighted by atomic mass is 10.00. The molecule has 0 spiro atoms. The standard InChI is InChI=1S/C21H26N2O2/c1-25-21-11-16-6-4-5-15(16)9-18(21)13-23-12-17(20(24)14-23)10-19-7-2-3-8-22-19/h2-3,7-9,11,17,20,24H,4-6,10,12-14H2,1H3/t17-,20-/m1/s1. The summed E-state index contributed by atoms with van der Waals surface area (Å²) in [6.45, 7) is 2.46. The van der Waals surface area contributed by atoms with E-state index in [2.05, 4.69) is 22.0 Å². The first kappa shape index (κ1) is 16.6. The van der Waals surface area contributed by atoms with E-state index in [1.807, 2.05) is 24.4 Å². The molecule has 1 saturated heterocycles. The highest BCUT2D eigenvalue weighted by atomic mass is 16.5. The molecule has 1 aromatic carbocycles. The van der Waals surface area contributed by atoms with E-state index in [0.29, 0.717) is 0 Å². The number of aliphatic hydroxyl groups excluding tert-OH is 1. The van der Waals surface area contributed by atoms with Gasteiger partial charge in [-0.1, -0.05) is 12.1 Å². The average Bonchev–Trinajstić information content (AvgIpc) is 3.21. The number of ether oxygens (including phenoxy) is 1. The van der Waals surface area contributed by atoms with Crippen molar-refractivity contribution in [3.63, 3.8) is 0 Å². The van der Waals surface area contributed by atoms with Gasteiger partial charge >= 0.3 is 0 Å². The van der Waals surface area contributed by atoms with Crippen molar-refractivity contribution in [3.8, 4) is 5.75 Å². The Labute approximate surface area is 149 Å². The molecule has 1 N–H and O–H groups in total. The zero-order valence-corrected chi connectivity index (χ0v) is 14.8. The summed E-state index contributed by atoms with van der Waals surface area (Å²) < 4.78 is 5.63. The lowest BCUT2D eigenvalue weighted by Crippen LogP contribution is -2.21. The average molecular weight is 338 g/mol. The monoisotopic (exact) mass is 338 g/mol. The Kier molecular flexibility index (Phi) is 4.73. The van der Waals surface area contributed by atoms with Gasteiger partial charge in [-0.25, -0.2) is 0 Å². The van der Waals surface area contributed by atoms with Crippen molar-refractivity contribution in [3.05, 3.63) is 58.9 Å². The van der Waals surface area contributed by atoms with E-state index in [1.54, 1.807) is 7.11 Å². The Hall–Kier alpha value is -1.91. The molecule has 4 nitrogen and oxygen atoms in total. The van der Waals surface area contributed by atoms with E-state index in [1.165, 1.54) is 36.0 Å². The van der Waals surface area contributed by atoms with Crippen LogP contribution in [0.4, 0.5) is 0 Å². The third kappa shape index (κ3) is 3.55. The number of rotatable bonds is 5. The van der Waals surface area contributed by atoms with Crippen LogP contribution >= 0.6 is 0 Å². The molecular weight excluding hydrogens is 312 g/mol. The molecule has 0 unspecified atom stereocenters. The van der Waals surface area contributed by atoms with Crippen LogP contribution in [0.5, 0.6) is 5.75 Å².